The highest BCUT2D eigenvalue weighted by Gasteiger charge is 2.32. The smallest absolute Gasteiger partial charge is 0.416 e. The Balaban J connectivity index is 2.35. The summed E-state index contributed by atoms with van der Waals surface area (Å²) in [5.74, 6) is 0.341. The third-order valence-corrected chi connectivity index (χ3v) is 3.20. The van der Waals surface area contributed by atoms with Gasteiger partial charge in [0.05, 0.1) is 5.56 Å². The normalized spacial score (nSPS) is 20.7. The molecule has 0 N–H and O–H groups in total. The van der Waals surface area contributed by atoms with Gasteiger partial charge in [0.25, 0.3) is 0 Å². The predicted octanol–water partition coefficient (Wildman–Crippen LogP) is 3.58. The van der Waals surface area contributed by atoms with Gasteiger partial charge in [0, 0.05) is 10.1 Å². The molecule has 5 heteroatoms. The first-order chi connectivity index (χ1) is 6.97. The highest BCUT2D eigenvalue weighted by molar-refractivity contribution is 8.00. The monoisotopic (exact) mass is 234 g/mol. The van der Waals surface area contributed by atoms with Gasteiger partial charge >= 0.3 is 6.18 Å². The Bertz CT molecular complexity index is 375. The first-order valence-electron chi connectivity index (χ1n) is 4.47. The number of fused-ring (bicyclic) bond motifs is 1. The Labute approximate surface area is 89.6 Å². The van der Waals surface area contributed by atoms with Crippen molar-refractivity contribution in [3.05, 3.63) is 23.8 Å². The molecule has 1 heterocycles. The highest BCUT2D eigenvalue weighted by atomic mass is 32.2. The molecule has 0 fully saturated rings. The second-order valence-electron chi connectivity index (χ2n) is 3.40. The molecule has 1 atom stereocenters. The van der Waals surface area contributed by atoms with Crippen molar-refractivity contribution in [3.63, 3.8) is 0 Å². The SMILES string of the molecule is CC1COc2cc(C(F)(F)F)ccc2S1. The lowest BCUT2D eigenvalue weighted by molar-refractivity contribution is -0.137. The Kier molecular flexibility index (Phi) is 2.58. The van der Waals surface area contributed by atoms with Gasteiger partial charge in [-0.1, -0.05) is 0 Å². The highest BCUT2D eigenvalue weighted by Crippen LogP contribution is 2.40. The molecule has 0 spiro atoms. The summed E-state index contributed by atoms with van der Waals surface area (Å²) >= 11 is 1.54. The van der Waals surface area contributed by atoms with Crippen molar-refractivity contribution >= 4 is 11.8 Å². The van der Waals surface area contributed by atoms with Crippen LogP contribution >= 0.6 is 11.8 Å². The molecular formula is C10H9F3OS. The van der Waals surface area contributed by atoms with Crippen LogP contribution in [-0.4, -0.2) is 11.9 Å². The van der Waals surface area contributed by atoms with Gasteiger partial charge in [0.15, 0.2) is 0 Å². The average Bonchev–Trinajstić information content (AvgIpc) is 2.15. The minimum Gasteiger partial charge on any atom is -0.491 e. The molecule has 0 aromatic heterocycles. The lowest BCUT2D eigenvalue weighted by Gasteiger charge is -2.22. The van der Waals surface area contributed by atoms with E-state index < -0.39 is 11.7 Å². The summed E-state index contributed by atoms with van der Waals surface area (Å²) in [6.45, 7) is 2.43. The summed E-state index contributed by atoms with van der Waals surface area (Å²) in [6.07, 6.45) is -4.30. The fraction of sp³-hybridized carbons (Fsp3) is 0.400. The molecule has 0 bridgehead atoms. The summed E-state index contributed by atoms with van der Waals surface area (Å²) in [6, 6.07) is 3.62. The fourth-order valence-corrected chi connectivity index (χ4v) is 2.30. The summed E-state index contributed by atoms with van der Waals surface area (Å²) < 4.78 is 42.4. The van der Waals surface area contributed by atoms with E-state index >= 15 is 0 Å². The molecule has 15 heavy (non-hydrogen) atoms. The van der Waals surface area contributed by atoms with Crippen molar-refractivity contribution in [3.8, 4) is 5.75 Å². The summed E-state index contributed by atoms with van der Waals surface area (Å²) in [4.78, 5) is 0.779. The molecule has 0 aliphatic carbocycles. The molecule has 1 aromatic carbocycles. The number of ether oxygens (including phenoxy) is 1. The van der Waals surface area contributed by atoms with Crippen molar-refractivity contribution < 1.29 is 17.9 Å². The van der Waals surface area contributed by atoms with E-state index in [4.69, 9.17) is 4.74 Å². The molecule has 1 aliphatic heterocycles. The van der Waals surface area contributed by atoms with Crippen LogP contribution < -0.4 is 4.74 Å². The lowest BCUT2D eigenvalue weighted by Crippen LogP contribution is -2.16. The molecule has 1 aromatic rings. The predicted molar refractivity (Wildman–Crippen MR) is 52.3 cm³/mol. The van der Waals surface area contributed by atoms with E-state index in [1.165, 1.54) is 17.8 Å². The van der Waals surface area contributed by atoms with Crippen LogP contribution in [0.15, 0.2) is 23.1 Å². The van der Waals surface area contributed by atoms with E-state index in [1.54, 1.807) is 0 Å². The maximum Gasteiger partial charge on any atom is 0.416 e. The number of hydrogen-bond acceptors (Lipinski definition) is 2. The number of hydrogen-bond donors (Lipinski definition) is 0. The molecule has 82 valence electrons. The first kappa shape index (κ1) is 10.7. The number of halogens is 3. The van der Waals surface area contributed by atoms with E-state index in [2.05, 4.69) is 0 Å². The third-order valence-electron chi connectivity index (χ3n) is 2.07. The van der Waals surface area contributed by atoms with Gasteiger partial charge in [-0.15, -0.1) is 11.8 Å². The van der Waals surface area contributed by atoms with Crippen molar-refractivity contribution in [1.29, 1.82) is 0 Å². The summed E-state index contributed by atoms with van der Waals surface area (Å²) in [5.41, 5.74) is -0.656. The van der Waals surface area contributed by atoms with Crippen LogP contribution in [0.2, 0.25) is 0 Å². The van der Waals surface area contributed by atoms with E-state index in [-0.39, 0.29) is 5.25 Å². The zero-order valence-electron chi connectivity index (χ0n) is 7.97. The molecule has 1 aliphatic rings. The van der Waals surface area contributed by atoms with Gasteiger partial charge in [0.2, 0.25) is 0 Å². The van der Waals surface area contributed by atoms with E-state index in [9.17, 15) is 13.2 Å². The van der Waals surface area contributed by atoms with E-state index in [0.29, 0.717) is 12.4 Å². The molecule has 0 radical (unpaired) electrons. The zero-order chi connectivity index (χ0) is 11.1. The van der Waals surface area contributed by atoms with Crippen LogP contribution in [0.1, 0.15) is 12.5 Å². The minimum atomic E-state index is -4.30. The Morgan fingerprint density at radius 3 is 2.80 bits per heavy atom. The van der Waals surface area contributed by atoms with Gasteiger partial charge in [-0.2, -0.15) is 13.2 Å². The first-order valence-corrected chi connectivity index (χ1v) is 5.35. The molecule has 1 unspecified atom stereocenters. The number of alkyl halides is 3. The van der Waals surface area contributed by atoms with Crippen LogP contribution in [-0.2, 0) is 6.18 Å². The zero-order valence-corrected chi connectivity index (χ0v) is 8.78. The second-order valence-corrected chi connectivity index (χ2v) is 4.88. The fourth-order valence-electron chi connectivity index (χ4n) is 1.35. The Morgan fingerprint density at radius 2 is 2.13 bits per heavy atom. The van der Waals surface area contributed by atoms with Crippen molar-refractivity contribution in [2.24, 2.45) is 0 Å². The van der Waals surface area contributed by atoms with Crippen molar-refractivity contribution in [1.82, 2.24) is 0 Å². The van der Waals surface area contributed by atoms with Crippen LogP contribution in [0.5, 0.6) is 5.75 Å². The molecular weight excluding hydrogens is 225 g/mol. The van der Waals surface area contributed by atoms with Gasteiger partial charge in [-0.05, 0) is 25.1 Å². The molecule has 0 amide bonds. The van der Waals surface area contributed by atoms with E-state index in [0.717, 1.165) is 17.0 Å². The van der Waals surface area contributed by atoms with Gasteiger partial charge in [-0.3, -0.25) is 0 Å². The maximum atomic E-state index is 12.4. The topological polar surface area (TPSA) is 9.23 Å². The van der Waals surface area contributed by atoms with Crippen LogP contribution in [0, 0.1) is 0 Å². The largest absolute Gasteiger partial charge is 0.491 e. The maximum absolute atomic E-state index is 12.4. The van der Waals surface area contributed by atoms with Gasteiger partial charge in [-0.25, -0.2) is 0 Å². The number of rotatable bonds is 0. The third kappa shape index (κ3) is 2.22. The summed E-state index contributed by atoms with van der Waals surface area (Å²) in [7, 11) is 0. The van der Waals surface area contributed by atoms with Crippen LogP contribution in [0.3, 0.4) is 0 Å². The summed E-state index contributed by atoms with van der Waals surface area (Å²) in [5, 5.41) is 0.286. The molecule has 1 nitrogen and oxygen atoms in total. The van der Waals surface area contributed by atoms with Crippen LogP contribution in [0.25, 0.3) is 0 Å². The quantitative estimate of drug-likeness (QED) is 0.678. The Morgan fingerprint density at radius 1 is 1.40 bits per heavy atom. The number of thioether (sulfide) groups is 1. The average molecular weight is 234 g/mol. The standard InChI is InChI=1S/C10H9F3OS/c1-6-5-14-8-4-7(10(11,12)13)2-3-9(8)15-6/h2-4,6H,5H2,1H3. The second kappa shape index (κ2) is 3.63. The van der Waals surface area contributed by atoms with E-state index in [1.807, 2.05) is 6.92 Å². The van der Waals surface area contributed by atoms with Crippen molar-refractivity contribution in [2.45, 2.75) is 23.2 Å². The number of benzene rings is 1. The van der Waals surface area contributed by atoms with Crippen LogP contribution in [0.4, 0.5) is 13.2 Å². The van der Waals surface area contributed by atoms with Gasteiger partial charge < -0.3 is 4.74 Å². The van der Waals surface area contributed by atoms with Crippen molar-refractivity contribution in [2.75, 3.05) is 6.61 Å². The minimum absolute atomic E-state index is 0.286. The molecule has 0 saturated carbocycles. The molecule has 2 rings (SSSR count). The van der Waals surface area contributed by atoms with Gasteiger partial charge in [0.1, 0.15) is 12.4 Å². The molecule has 0 saturated heterocycles. The lowest BCUT2D eigenvalue weighted by atomic mass is 10.2. The Hall–Kier alpha value is -0.840.